The smallest absolute Gasteiger partial charge is 0.243 e. The quantitative estimate of drug-likeness (QED) is 0.824. The van der Waals surface area contributed by atoms with Crippen LogP contribution in [0.15, 0.2) is 23.2 Å². The highest BCUT2D eigenvalue weighted by Gasteiger charge is 2.27. The largest absolute Gasteiger partial charge is 0.388 e. The van der Waals surface area contributed by atoms with Gasteiger partial charge < -0.3 is 5.73 Å². The van der Waals surface area contributed by atoms with Crippen molar-refractivity contribution in [2.75, 3.05) is 0 Å². The molecule has 1 aliphatic rings. The third-order valence-corrected chi connectivity index (χ3v) is 5.30. The predicted molar refractivity (Wildman–Crippen MR) is 81.9 cm³/mol. The maximum Gasteiger partial charge on any atom is 0.243 e. The molecule has 2 atom stereocenters. The van der Waals surface area contributed by atoms with Crippen LogP contribution in [0, 0.1) is 5.92 Å². The fourth-order valence-corrected chi connectivity index (χ4v) is 4.30. The number of hydrogen-bond acceptors (Lipinski definition) is 4. The second-order valence-corrected chi connectivity index (χ2v) is 7.43. The molecule has 1 aromatic rings. The van der Waals surface area contributed by atoms with E-state index in [0.717, 1.165) is 25.7 Å². The second kappa shape index (κ2) is 6.15. The molecule has 7 heteroatoms. The SMILES string of the molecule is CC1CCCC(NS(=O)(=O)c2cccnc2C(N)=S)C1. The number of nitrogens with two attached hydrogens (primary N) is 1. The summed E-state index contributed by atoms with van der Waals surface area (Å²) in [5, 5.41) is 0. The molecule has 0 bridgehead atoms. The van der Waals surface area contributed by atoms with Crippen molar-refractivity contribution in [3.05, 3.63) is 24.0 Å². The summed E-state index contributed by atoms with van der Waals surface area (Å²) in [7, 11) is -3.64. The Labute approximate surface area is 125 Å². The first-order chi connectivity index (χ1) is 9.40. The molecule has 3 N–H and O–H groups in total. The topological polar surface area (TPSA) is 85.1 Å². The third-order valence-electron chi connectivity index (χ3n) is 3.55. The molecule has 110 valence electrons. The minimum absolute atomic E-state index is 0.0111. The number of aromatic nitrogens is 1. The standard InChI is InChI=1S/C13H19N3O2S2/c1-9-4-2-5-10(8-9)16-20(17,18)11-6-3-7-15-12(11)13(14)19/h3,6-7,9-10,16H,2,4-5,8H2,1H3,(H2,14,19). The Morgan fingerprint density at radius 1 is 1.50 bits per heavy atom. The fourth-order valence-electron chi connectivity index (χ4n) is 2.62. The maximum atomic E-state index is 12.5. The molecule has 20 heavy (non-hydrogen) atoms. The van der Waals surface area contributed by atoms with Gasteiger partial charge in [-0.15, -0.1) is 0 Å². The highest BCUT2D eigenvalue weighted by Crippen LogP contribution is 2.25. The average Bonchev–Trinajstić information content (AvgIpc) is 2.38. The van der Waals surface area contributed by atoms with Crippen LogP contribution in [0.1, 0.15) is 38.3 Å². The molecule has 1 aromatic heterocycles. The van der Waals surface area contributed by atoms with Crippen LogP contribution in [0.4, 0.5) is 0 Å². The van der Waals surface area contributed by atoms with Crippen molar-refractivity contribution in [1.82, 2.24) is 9.71 Å². The van der Waals surface area contributed by atoms with Gasteiger partial charge in [0.05, 0.1) is 0 Å². The first-order valence-electron chi connectivity index (χ1n) is 6.67. The summed E-state index contributed by atoms with van der Waals surface area (Å²) < 4.78 is 27.7. The summed E-state index contributed by atoms with van der Waals surface area (Å²) in [5.74, 6) is 0.542. The molecule has 0 radical (unpaired) electrons. The van der Waals surface area contributed by atoms with Gasteiger partial charge in [-0.2, -0.15) is 0 Å². The van der Waals surface area contributed by atoms with Gasteiger partial charge in [0.1, 0.15) is 15.6 Å². The van der Waals surface area contributed by atoms with Crippen LogP contribution in [0.2, 0.25) is 0 Å². The normalized spacial score (nSPS) is 23.4. The van der Waals surface area contributed by atoms with E-state index in [1.54, 1.807) is 6.07 Å². The van der Waals surface area contributed by atoms with Crippen molar-refractivity contribution >= 4 is 27.2 Å². The lowest BCUT2D eigenvalue weighted by molar-refractivity contribution is 0.327. The molecular formula is C13H19N3O2S2. The number of pyridine rings is 1. The summed E-state index contributed by atoms with van der Waals surface area (Å²) in [5.41, 5.74) is 5.69. The molecule has 0 spiro atoms. The van der Waals surface area contributed by atoms with E-state index >= 15 is 0 Å². The molecule has 0 aliphatic heterocycles. The van der Waals surface area contributed by atoms with Gasteiger partial charge in [-0.05, 0) is 30.9 Å². The Kier molecular flexibility index (Phi) is 4.72. The van der Waals surface area contributed by atoms with Crippen LogP contribution >= 0.6 is 12.2 Å². The highest BCUT2D eigenvalue weighted by atomic mass is 32.2. The summed E-state index contributed by atoms with van der Waals surface area (Å²) in [6, 6.07) is 3.03. The molecule has 1 heterocycles. The van der Waals surface area contributed by atoms with E-state index in [4.69, 9.17) is 18.0 Å². The molecule has 1 saturated carbocycles. The van der Waals surface area contributed by atoms with Gasteiger partial charge in [0, 0.05) is 12.2 Å². The van der Waals surface area contributed by atoms with Crippen molar-refractivity contribution in [2.45, 2.75) is 43.5 Å². The lowest BCUT2D eigenvalue weighted by Gasteiger charge is -2.27. The number of nitrogens with zero attached hydrogens (tertiary/aromatic N) is 1. The molecule has 1 fully saturated rings. The van der Waals surface area contributed by atoms with Gasteiger partial charge in [-0.3, -0.25) is 4.98 Å². The molecule has 1 aliphatic carbocycles. The molecule has 0 amide bonds. The van der Waals surface area contributed by atoms with Crippen LogP contribution in [0.25, 0.3) is 0 Å². The Morgan fingerprint density at radius 3 is 2.90 bits per heavy atom. The molecular weight excluding hydrogens is 294 g/mol. The van der Waals surface area contributed by atoms with Crippen LogP contribution in [0.5, 0.6) is 0 Å². The fraction of sp³-hybridized carbons (Fsp3) is 0.538. The zero-order chi connectivity index (χ0) is 14.8. The molecule has 5 nitrogen and oxygen atoms in total. The first-order valence-corrected chi connectivity index (χ1v) is 8.56. The van der Waals surface area contributed by atoms with Gasteiger partial charge in [-0.25, -0.2) is 13.1 Å². The Hall–Kier alpha value is -1.05. The van der Waals surface area contributed by atoms with E-state index in [2.05, 4.69) is 16.6 Å². The van der Waals surface area contributed by atoms with Gasteiger partial charge in [0.15, 0.2) is 0 Å². The molecule has 0 saturated heterocycles. The summed E-state index contributed by atoms with van der Waals surface area (Å²) in [6.07, 6.45) is 5.41. The van der Waals surface area contributed by atoms with Crippen LogP contribution in [-0.2, 0) is 10.0 Å². The van der Waals surface area contributed by atoms with E-state index in [0.29, 0.717) is 5.92 Å². The molecule has 2 unspecified atom stereocenters. The van der Waals surface area contributed by atoms with Crippen LogP contribution in [0.3, 0.4) is 0 Å². The van der Waals surface area contributed by atoms with Crippen molar-refractivity contribution in [2.24, 2.45) is 11.7 Å². The van der Waals surface area contributed by atoms with Gasteiger partial charge >= 0.3 is 0 Å². The summed E-state index contributed by atoms with van der Waals surface area (Å²) >= 11 is 4.86. The predicted octanol–water partition coefficient (Wildman–Crippen LogP) is 1.57. The van der Waals surface area contributed by atoms with Crippen molar-refractivity contribution in [1.29, 1.82) is 0 Å². The lowest BCUT2D eigenvalue weighted by Crippen LogP contribution is -2.38. The van der Waals surface area contributed by atoms with Gasteiger partial charge in [0.2, 0.25) is 10.0 Å². The van der Waals surface area contributed by atoms with E-state index in [9.17, 15) is 8.42 Å². The van der Waals surface area contributed by atoms with E-state index in [-0.39, 0.29) is 21.6 Å². The van der Waals surface area contributed by atoms with Crippen molar-refractivity contribution in [3.63, 3.8) is 0 Å². The number of rotatable bonds is 4. The van der Waals surface area contributed by atoms with Crippen molar-refractivity contribution < 1.29 is 8.42 Å². The number of nitrogens with one attached hydrogen (secondary N) is 1. The third kappa shape index (κ3) is 3.53. The number of sulfonamides is 1. The summed E-state index contributed by atoms with van der Waals surface area (Å²) in [6.45, 7) is 2.14. The van der Waals surface area contributed by atoms with Crippen LogP contribution in [-0.4, -0.2) is 24.4 Å². The number of hydrogen-bond donors (Lipinski definition) is 2. The van der Waals surface area contributed by atoms with Gasteiger partial charge in [0.25, 0.3) is 0 Å². The van der Waals surface area contributed by atoms with Crippen molar-refractivity contribution in [3.8, 4) is 0 Å². The molecule has 0 aromatic carbocycles. The van der Waals surface area contributed by atoms with Gasteiger partial charge in [-0.1, -0.05) is 32.0 Å². The first kappa shape index (κ1) is 15.3. The Balaban J connectivity index is 2.24. The van der Waals surface area contributed by atoms with Crippen LogP contribution < -0.4 is 10.5 Å². The zero-order valence-corrected chi connectivity index (χ0v) is 13.0. The lowest BCUT2D eigenvalue weighted by atomic mass is 9.88. The monoisotopic (exact) mass is 313 g/mol. The minimum Gasteiger partial charge on any atom is -0.388 e. The Bertz CT molecular complexity index is 601. The second-order valence-electron chi connectivity index (χ2n) is 5.30. The van der Waals surface area contributed by atoms with E-state index < -0.39 is 10.0 Å². The maximum absolute atomic E-state index is 12.5. The molecule has 2 rings (SSSR count). The average molecular weight is 313 g/mol. The highest BCUT2D eigenvalue weighted by molar-refractivity contribution is 7.89. The van der Waals surface area contributed by atoms with E-state index in [1.165, 1.54) is 12.3 Å². The summed E-state index contributed by atoms with van der Waals surface area (Å²) in [4.78, 5) is 4.02. The van der Waals surface area contributed by atoms with E-state index in [1.807, 2.05) is 0 Å². The minimum atomic E-state index is -3.64. The Morgan fingerprint density at radius 2 is 2.25 bits per heavy atom. The number of thiocarbonyl (C=S) groups is 1. The zero-order valence-electron chi connectivity index (χ0n) is 11.4.